The fourth-order valence-corrected chi connectivity index (χ4v) is 4.13. The summed E-state index contributed by atoms with van der Waals surface area (Å²) >= 11 is 0. The lowest BCUT2D eigenvalue weighted by atomic mass is 9.80. The normalized spacial score (nSPS) is 23.3. The number of aliphatic imine (C=N–C) groups is 1. The van der Waals surface area contributed by atoms with Gasteiger partial charge in [-0.05, 0) is 43.6 Å². The van der Waals surface area contributed by atoms with E-state index < -0.39 is 0 Å². The Hall–Kier alpha value is -1.09. The molecule has 0 bridgehead atoms. The minimum atomic E-state index is 0. The number of aromatic nitrogens is 1. The summed E-state index contributed by atoms with van der Waals surface area (Å²) in [5.41, 5.74) is 1.20. The first kappa shape index (κ1) is 23.2. The second-order valence-corrected chi connectivity index (χ2v) is 8.01. The van der Waals surface area contributed by atoms with Gasteiger partial charge in [0.1, 0.15) is 5.82 Å². The topological polar surface area (TPSA) is 61.8 Å². The van der Waals surface area contributed by atoms with Crippen LogP contribution in [0.2, 0.25) is 0 Å². The molecule has 2 aliphatic rings. The molecule has 0 radical (unpaired) electrons. The highest BCUT2D eigenvalue weighted by Crippen LogP contribution is 2.29. The number of nitrogens with one attached hydrogen (secondary N) is 2. The number of guanidine groups is 1. The molecule has 1 aliphatic carbocycles. The zero-order valence-corrected chi connectivity index (χ0v) is 19.8. The van der Waals surface area contributed by atoms with E-state index in [2.05, 4.69) is 45.4 Å². The highest BCUT2D eigenvalue weighted by atomic mass is 127. The van der Waals surface area contributed by atoms with Crippen molar-refractivity contribution < 1.29 is 4.74 Å². The van der Waals surface area contributed by atoms with Gasteiger partial charge in [0, 0.05) is 44.5 Å². The van der Waals surface area contributed by atoms with E-state index in [1.807, 2.05) is 19.3 Å². The van der Waals surface area contributed by atoms with Gasteiger partial charge >= 0.3 is 0 Å². The predicted molar refractivity (Wildman–Crippen MR) is 127 cm³/mol. The van der Waals surface area contributed by atoms with Crippen molar-refractivity contribution in [2.24, 2.45) is 16.8 Å². The second-order valence-electron chi connectivity index (χ2n) is 8.01. The van der Waals surface area contributed by atoms with Crippen molar-refractivity contribution in [2.75, 3.05) is 38.3 Å². The summed E-state index contributed by atoms with van der Waals surface area (Å²) in [4.78, 5) is 11.4. The Kier molecular flexibility index (Phi) is 9.77. The van der Waals surface area contributed by atoms with E-state index in [0.29, 0.717) is 6.04 Å². The molecule has 1 aromatic heterocycles. The molecule has 0 unspecified atom stereocenters. The molecule has 1 aromatic rings. The van der Waals surface area contributed by atoms with Crippen molar-refractivity contribution >= 4 is 35.8 Å². The van der Waals surface area contributed by atoms with Crippen LogP contribution in [0.5, 0.6) is 0 Å². The molecule has 2 N–H and O–H groups in total. The number of nitrogens with zero attached hydrogens (tertiary/aromatic N) is 3. The molecular formula is C21H36IN5O. The number of hydrogen-bond donors (Lipinski definition) is 2. The van der Waals surface area contributed by atoms with Crippen molar-refractivity contribution in [3.63, 3.8) is 0 Å². The molecular weight excluding hydrogens is 465 g/mol. The summed E-state index contributed by atoms with van der Waals surface area (Å²) in [5.74, 6) is 3.62. The lowest BCUT2D eigenvalue weighted by molar-refractivity contribution is 0.122. The molecule has 0 amide bonds. The van der Waals surface area contributed by atoms with E-state index >= 15 is 0 Å². The van der Waals surface area contributed by atoms with Crippen molar-refractivity contribution in [3.8, 4) is 0 Å². The van der Waals surface area contributed by atoms with Crippen LogP contribution in [0.15, 0.2) is 23.3 Å². The van der Waals surface area contributed by atoms with Gasteiger partial charge in [0.05, 0.1) is 13.2 Å². The van der Waals surface area contributed by atoms with Crippen LogP contribution < -0.4 is 15.5 Å². The number of hydrogen-bond acceptors (Lipinski definition) is 4. The van der Waals surface area contributed by atoms with E-state index in [1.54, 1.807) is 0 Å². The Bertz CT molecular complexity index is 611. The Labute approximate surface area is 186 Å². The quantitative estimate of drug-likeness (QED) is 0.368. The van der Waals surface area contributed by atoms with Gasteiger partial charge in [-0.2, -0.15) is 0 Å². The summed E-state index contributed by atoms with van der Waals surface area (Å²) < 4.78 is 5.47. The number of anilines is 1. The maximum atomic E-state index is 5.47. The van der Waals surface area contributed by atoms with Crippen LogP contribution >= 0.6 is 24.0 Å². The van der Waals surface area contributed by atoms with E-state index in [-0.39, 0.29) is 24.0 Å². The summed E-state index contributed by atoms with van der Waals surface area (Å²) in [6, 6.07) is 4.68. The van der Waals surface area contributed by atoms with Crippen molar-refractivity contribution in [1.29, 1.82) is 0 Å². The van der Waals surface area contributed by atoms with E-state index in [0.717, 1.165) is 56.5 Å². The molecule has 0 aromatic carbocycles. The highest BCUT2D eigenvalue weighted by Gasteiger charge is 2.24. The van der Waals surface area contributed by atoms with Gasteiger partial charge in [-0.3, -0.25) is 4.99 Å². The minimum absolute atomic E-state index is 0. The van der Waals surface area contributed by atoms with Gasteiger partial charge in [-0.25, -0.2) is 4.98 Å². The molecule has 0 spiro atoms. The largest absolute Gasteiger partial charge is 0.378 e. The fourth-order valence-electron chi connectivity index (χ4n) is 4.13. The molecule has 1 saturated heterocycles. The number of ether oxygens (including phenoxy) is 1. The van der Waals surface area contributed by atoms with Crippen molar-refractivity contribution in [2.45, 2.75) is 52.1 Å². The van der Waals surface area contributed by atoms with Crippen molar-refractivity contribution in [1.82, 2.24) is 15.6 Å². The van der Waals surface area contributed by atoms with Crippen LogP contribution in [0.25, 0.3) is 0 Å². The first-order chi connectivity index (χ1) is 13.2. The SMILES string of the molecule is CN=C(NCc1cccnc1N1CCOCC1)NC1CCC(C(C)C)CC1.I. The third kappa shape index (κ3) is 6.47. The zero-order valence-electron chi connectivity index (χ0n) is 17.5. The number of halogens is 1. The molecule has 28 heavy (non-hydrogen) atoms. The van der Waals surface area contributed by atoms with E-state index in [4.69, 9.17) is 4.74 Å². The van der Waals surface area contributed by atoms with Gasteiger partial charge < -0.3 is 20.3 Å². The van der Waals surface area contributed by atoms with Crippen LogP contribution in [0.3, 0.4) is 0 Å². The third-order valence-corrected chi connectivity index (χ3v) is 5.90. The smallest absolute Gasteiger partial charge is 0.191 e. The zero-order chi connectivity index (χ0) is 19.1. The number of morpholine rings is 1. The molecule has 1 saturated carbocycles. The Morgan fingerprint density at radius 2 is 1.96 bits per heavy atom. The minimum Gasteiger partial charge on any atom is -0.378 e. The predicted octanol–water partition coefficient (Wildman–Crippen LogP) is 3.42. The van der Waals surface area contributed by atoms with Gasteiger partial charge in [0.25, 0.3) is 0 Å². The second kappa shape index (κ2) is 11.8. The summed E-state index contributed by atoms with van der Waals surface area (Å²) in [7, 11) is 1.85. The molecule has 2 heterocycles. The lowest BCUT2D eigenvalue weighted by Gasteiger charge is -2.32. The average molecular weight is 501 g/mol. The molecule has 2 fully saturated rings. The van der Waals surface area contributed by atoms with Gasteiger partial charge in [-0.1, -0.05) is 19.9 Å². The first-order valence-corrected chi connectivity index (χ1v) is 10.4. The van der Waals surface area contributed by atoms with Gasteiger partial charge in [0.2, 0.25) is 0 Å². The lowest BCUT2D eigenvalue weighted by Crippen LogP contribution is -2.45. The molecule has 0 atom stereocenters. The fraction of sp³-hybridized carbons (Fsp3) is 0.714. The van der Waals surface area contributed by atoms with Gasteiger partial charge in [0.15, 0.2) is 5.96 Å². The van der Waals surface area contributed by atoms with Crippen LogP contribution in [-0.2, 0) is 11.3 Å². The van der Waals surface area contributed by atoms with Crippen LogP contribution in [-0.4, -0.2) is 50.3 Å². The average Bonchev–Trinajstić information content (AvgIpc) is 2.72. The number of pyridine rings is 1. The van der Waals surface area contributed by atoms with Crippen LogP contribution in [0.1, 0.15) is 45.1 Å². The summed E-state index contributed by atoms with van der Waals surface area (Å²) in [6.07, 6.45) is 6.96. The Morgan fingerprint density at radius 3 is 2.61 bits per heavy atom. The summed E-state index contributed by atoms with van der Waals surface area (Å²) in [6.45, 7) is 8.75. The highest BCUT2D eigenvalue weighted by molar-refractivity contribution is 14.0. The Morgan fingerprint density at radius 1 is 1.25 bits per heavy atom. The van der Waals surface area contributed by atoms with Crippen LogP contribution in [0, 0.1) is 11.8 Å². The monoisotopic (exact) mass is 501 g/mol. The number of rotatable bonds is 5. The van der Waals surface area contributed by atoms with E-state index in [1.165, 1.54) is 31.2 Å². The molecule has 3 rings (SSSR count). The van der Waals surface area contributed by atoms with E-state index in [9.17, 15) is 0 Å². The molecule has 7 heteroatoms. The summed E-state index contributed by atoms with van der Waals surface area (Å²) in [5, 5.41) is 7.11. The standard InChI is InChI=1S/C21H35N5O.HI/c1-16(2)17-6-8-19(9-7-17)25-21(22-3)24-15-18-5-4-10-23-20(18)26-11-13-27-14-12-26;/h4-5,10,16-17,19H,6-9,11-15H2,1-3H3,(H2,22,24,25);1H. The molecule has 1 aliphatic heterocycles. The van der Waals surface area contributed by atoms with Crippen LogP contribution in [0.4, 0.5) is 5.82 Å². The maximum Gasteiger partial charge on any atom is 0.191 e. The van der Waals surface area contributed by atoms with Gasteiger partial charge in [-0.15, -0.1) is 24.0 Å². The molecule has 158 valence electrons. The maximum absolute atomic E-state index is 5.47. The first-order valence-electron chi connectivity index (χ1n) is 10.4. The Balaban J connectivity index is 0.00000280. The molecule has 6 nitrogen and oxygen atoms in total. The third-order valence-electron chi connectivity index (χ3n) is 5.90. The van der Waals surface area contributed by atoms with Crippen molar-refractivity contribution in [3.05, 3.63) is 23.9 Å².